The third kappa shape index (κ3) is 0.973. The molecule has 0 spiro atoms. The van der Waals surface area contributed by atoms with E-state index in [9.17, 15) is 0 Å². The van der Waals surface area contributed by atoms with Gasteiger partial charge < -0.3 is 0 Å². The molecule has 0 N–H and O–H groups in total. The molecular weight excluding hydrogens is 176 g/mol. The highest BCUT2D eigenvalue weighted by Gasteiger charge is 2.07. The van der Waals surface area contributed by atoms with Crippen LogP contribution >= 0.6 is 11.3 Å². The van der Waals surface area contributed by atoms with Crippen LogP contribution in [0, 0.1) is 0 Å². The first-order valence-corrected chi connectivity index (χ1v) is 5.18. The SMILES string of the molecule is c1csc2cc3ccccc3c-2c1. The van der Waals surface area contributed by atoms with Crippen LogP contribution in [0.25, 0.3) is 21.2 Å². The van der Waals surface area contributed by atoms with E-state index in [4.69, 9.17) is 0 Å². The summed E-state index contributed by atoms with van der Waals surface area (Å²) in [6, 6.07) is 15.1. The summed E-state index contributed by atoms with van der Waals surface area (Å²) in [4.78, 5) is 1.38. The summed E-state index contributed by atoms with van der Waals surface area (Å²) in [6.07, 6.45) is 0. The Morgan fingerprint density at radius 1 is 0.923 bits per heavy atom. The van der Waals surface area contributed by atoms with E-state index in [0.717, 1.165) is 0 Å². The van der Waals surface area contributed by atoms with E-state index in [1.165, 1.54) is 21.2 Å². The van der Waals surface area contributed by atoms with Crippen LogP contribution in [0.1, 0.15) is 0 Å². The minimum absolute atomic E-state index is 1.35. The highest BCUT2D eigenvalue weighted by Crippen LogP contribution is 2.36. The Labute approximate surface area is 80.8 Å². The molecule has 62 valence electrons. The summed E-state index contributed by atoms with van der Waals surface area (Å²) in [7, 11) is 0. The number of benzene rings is 1. The molecule has 2 aliphatic rings. The molecule has 1 aliphatic heterocycles. The van der Waals surface area contributed by atoms with Crippen molar-refractivity contribution in [2.24, 2.45) is 0 Å². The second-order valence-corrected chi connectivity index (χ2v) is 4.07. The van der Waals surface area contributed by atoms with Crippen molar-refractivity contribution in [3.63, 3.8) is 0 Å². The molecule has 0 fully saturated rings. The van der Waals surface area contributed by atoms with Gasteiger partial charge in [-0.2, -0.15) is 0 Å². The van der Waals surface area contributed by atoms with Gasteiger partial charge in [-0.3, -0.25) is 0 Å². The van der Waals surface area contributed by atoms with Crippen LogP contribution in [0.3, 0.4) is 0 Å². The Morgan fingerprint density at radius 3 is 2.85 bits per heavy atom. The first-order chi connectivity index (χ1) is 6.45. The molecule has 1 aromatic carbocycles. The van der Waals surface area contributed by atoms with Gasteiger partial charge in [-0.25, -0.2) is 0 Å². The number of rotatable bonds is 0. The fraction of sp³-hybridized carbons (Fsp3) is 0. The Morgan fingerprint density at radius 2 is 1.85 bits per heavy atom. The summed E-state index contributed by atoms with van der Waals surface area (Å²) in [6.45, 7) is 0. The Bertz CT molecular complexity index is 522. The van der Waals surface area contributed by atoms with Crippen molar-refractivity contribution in [1.82, 2.24) is 0 Å². The van der Waals surface area contributed by atoms with Crippen molar-refractivity contribution < 1.29 is 0 Å². The molecule has 0 radical (unpaired) electrons. The molecule has 0 aromatic heterocycles. The summed E-state index contributed by atoms with van der Waals surface area (Å²) in [5, 5.41) is 4.84. The largest absolute Gasteiger partial charge is 0.144 e. The molecule has 1 aliphatic carbocycles. The molecule has 0 atom stereocenters. The highest BCUT2D eigenvalue weighted by molar-refractivity contribution is 7.13. The highest BCUT2D eigenvalue weighted by atomic mass is 32.1. The summed E-state index contributed by atoms with van der Waals surface area (Å²) in [5.41, 5.74) is 1.38. The molecule has 0 bridgehead atoms. The maximum absolute atomic E-state index is 2.26. The molecule has 0 saturated heterocycles. The van der Waals surface area contributed by atoms with Gasteiger partial charge >= 0.3 is 0 Å². The number of fused-ring (bicyclic) bond motifs is 3. The minimum atomic E-state index is 1.35. The van der Waals surface area contributed by atoms with Crippen LogP contribution < -0.4 is 0 Å². The number of hydrogen-bond acceptors (Lipinski definition) is 1. The van der Waals surface area contributed by atoms with Crippen LogP contribution in [0.15, 0.2) is 47.8 Å². The molecule has 3 rings (SSSR count). The van der Waals surface area contributed by atoms with Crippen molar-refractivity contribution >= 4 is 22.1 Å². The van der Waals surface area contributed by atoms with Gasteiger partial charge in [0.1, 0.15) is 0 Å². The van der Waals surface area contributed by atoms with Gasteiger partial charge in [0.25, 0.3) is 0 Å². The van der Waals surface area contributed by atoms with E-state index < -0.39 is 0 Å². The van der Waals surface area contributed by atoms with E-state index in [-0.39, 0.29) is 0 Å². The van der Waals surface area contributed by atoms with E-state index in [1.807, 2.05) is 0 Å². The van der Waals surface area contributed by atoms with Crippen molar-refractivity contribution in [2.45, 2.75) is 0 Å². The average Bonchev–Trinajstić information content (AvgIpc) is 2.56. The summed E-state index contributed by atoms with van der Waals surface area (Å²) >= 11 is 1.80. The summed E-state index contributed by atoms with van der Waals surface area (Å²) in [5.74, 6) is 0. The zero-order chi connectivity index (χ0) is 8.67. The van der Waals surface area contributed by atoms with Gasteiger partial charge in [0, 0.05) is 4.88 Å². The zero-order valence-corrected chi connectivity index (χ0v) is 7.84. The lowest BCUT2D eigenvalue weighted by molar-refractivity contribution is 1.83. The van der Waals surface area contributed by atoms with Gasteiger partial charge in [-0.15, -0.1) is 11.3 Å². The molecule has 13 heavy (non-hydrogen) atoms. The molecule has 1 heteroatoms. The van der Waals surface area contributed by atoms with Crippen LogP contribution in [0.4, 0.5) is 0 Å². The van der Waals surface area contributed by atoms with Gasteiger partial charge in [0.2, 0.25) is 0 Å². The second-order valence-electron chi connectivity index (χ2n) is 3.12. The molecule has 1 aromatic rings. The lowest BCUT2D eigenvalue weighted by atomic mass is 10.2. The smallest absolute Gasteiger partial charge is 0.0354 e. The van der Waals surface area contributed by atoms with E-state index in [2.05, 4.69) is 47.8 Å². The van der Waals surface area contributed by atoms with Crippen molar-refractivity contribution in [3.05, 3.63) is 47.8 Å². The fourth-order valence-electron chi connectivity index (χ4n) is 1.74. The molecule has 0 nitrogen and oxygen atoms in total. The van der Waals surface area contributed by atoms with E-state index in [1.54, 1.807) is 11.3 Å². The third-order valence-electron chi connectivity index (χ3n) is 2.34. The maximum atomic E-state index is 2.26. The average molecular weight is 184 g/mol. The van der Waals surface area contributed by atoms with Gasteiger partial charge in [-0.1, -0.05) is 36.4 Å². The third-order valence-corrected chi connectivity index (χ3v) is 3.22. The molecular formula is C12H8S. The summed E-state index contributed by atoms with van der Waals surface area (Å²) < 4.78 is 0. The monoisotopic (exact) mass is 184 g/mol. The molecule has 1 heterocycles. The van der Waals surface area contributed by atoms with Crippen molar-refractivity contribution in [2.75, 3.05) is 0 Å². The predicted octanol–water partition coefficient (Wildman–Crippen LogP) is 4.01. The lowest BCUT2D eigenvalue weighted by Crippen LogP contribution is -1.67. The van der Waals surface area contributed by atoms with Gasteiger partial charge in [0.15, 0.2) is 0 Å². The first kappa shape index (κ1) is 7.10. The van der Waals surface area contributed by atoms with E-state index in [0.29, 0.717) is 0 Å². The van der Waals surface area contributed by atoms with Gasteiger partial charge in [0.05, 0.1) is 0 Å². The fourth-order valence-corrected chi connectivity index (χ4v) is 2.54. The van der Waals surface area contributed by atoms with Crippen LogP contribution in [0.5, 0.6) is 0 Å². The second kappa shape index (κ2) is 2.57. The predicted molar refractivity (Wildman–Crippen MR) is 58.4 cm³/mol. The first-order valence-electron chi connectivity index (χ1n) is 4.30. The molecule has 0 saturated carbocycles. The van der Waals surface area contributed by atoms with Crippen LogP contribution in [-0.4, -0.2) is 0 Å². The van der Waals surface area contributed by atoms with Crippen LogP contribution in [-0.2, 0) is 0 Å². The molecule has 0 amide bonds. The Hall–Kier alpha value is -1.34. The normalized spacial score (nSPS) is 11.1. The van der Waals surface area contributed by atoms with Gasteiger partial charge in [-0.05, 0) is 27.8 Å². The van der Waals surface area contributed by atoms with Crippen molar-refractivity contribution in [1.29, 1.82) is 0 Å². The van der Waals surface area contributed by atoms with Crippen molar-refractivity contribution in [3.8, 4) is 10.4 Å². The Balaban J connectivity index is 2.56. The van der Waals surface area contributed by atoms with E-state index >= 15 is 0 Å². The standard InChI is InChI=1S/C12H8S/c1-2-5-10-9(4-1)8-12-11(10)6-3-7-13-12/h1-8H. The minimum Gasteiger partial charge on any atom is -0.144 e. The quantitative estimate of drug-likeness (QED) is 0.495. The molecule has 0 unspecified atom stereocenters. The zero-order valence-electron chi connectivity index (χ0n) is 7.03. The topological polar surface area (TPSA) is 0 Å². The maximum Gasteiger partial charge on any atom is 0.0354 e. The Kier molecular flexibility index (Phi) is 1.41. The van der Waals surface area contributed by atoms with Crippen LogP contribution in [0.2, 0.25) is 0 Å². The number of hydrogen-bond donors (Lipinski definition) is 0. The lowest BCUT2D eigenvalue weighted by Gasteiger charge is -1.95.